The monoisotopic (exact) mass is 775 g/mol. The zero-order valence-electron chi connectivity index (χ0n) is 31.4. The van der Waals surface area contributed by atoms with E-state index in [9.17, 15) is 0 Å². The highest BCUT2D eigenvalue weighted by molar-refractivity contribution is 8.04. The first-order valence-corrected chi connectivity index (χ1v) is 20.9. The van der Waals surface area contributed by atoms with Crippen LogP contribution >= 0.6 is 35.5 Å². The lowest BCUT2D eigenvalue weighted by Gasteiger charge is -2.37. The molecule has 5 aromatic rings. The van der Waals surface area contributed by atoms with Crippen LogP contribution in [0.3, 0.4) is 0 Å². The van der Waals surface area contributed by atoms with Crippen molar-refractivity contribution in [1.82, 2.24) is 8.87 Å². The van der Waals surface area contributed by atoms with E-state index in [-0.39, 0.29) is 5.82 Å². The molecular weight excluding hydrogens is 729 g/mol. The first-order valence-electron chi connectivity index (χ1n) is 19.0. The Morgan fingerprint density at radius 1 is 0.870 bits per heavy atom. The van der Waals surface area contributed by atoms with E-state index in [0.29, 0.717) is 16.8 Å². The SMILES string of the molecule is CCCN(Sc1ccccc1)C1CC=C(SNc2ccc(N3CCN(c4ccc5c(c4F)-c4c(c(C)n(C)c4-c4ccc(Cl)cc4)C5)CC3)cc2)C=C1C. The second-order valence-corrected chi connectivity index (χ2v) is 16.9. The largest absolute Gasteiger partial charge is 0.368 e. The fraction of sp³-hybridized carbons (Fsp3) is 0.289. The second kappa shape index (κ2) is 16.0. The number of piperazine rings is 1. The third-order valence-corrected chi connectivity index (χ3v) is 13.4. The molecule has 1 fully saturated rings. The van der Waals surface area contributed by atoms with Crippen molar-refractivity contribution in [3.05, 3.63) is 141 Å². The molecular formula is C45H47ClFN5S2. The Balaban J connectivity index is 0.887. The highest BCUT2D eigenvalue weighted by atomic mass is 35.5. The van der Waals surface area contributed by atoms with Crippen molar-refractivity contribution in [3.63, 3.8) is 0 Å². The number of hydrogen-bond donors (Lipinski definition) is 1. The van der Waals surface area contributed by atoms with E-state index in [2.05, 4.69) is 124 Å². The molecule has 0 saturated carbocycles. The van der Waals surface area contributed by atoms with Crippen molar-refractivity contribution in [2.24, 2.45) is 7.05 Å². The molecule has 3 aliphatic rings. The number of anilines is 3. The number of fused-ring (bicyclic) bond motifs is 3. The van der Waals surface area contributed by atoms with Crippen molar-refractivity contribution in [2.45, 2.75) is 51.0 Å². The predicted octanol–water partition coefficient (Wildman–Crippen LogP) is 11.8. The first-order chi connectivity index (χ1) is 26.3. The minimum atomic E-state index is -0.105. The topological polar surface area (TPSA) is 26.7 Å². The van der Waals surface area contributed by atoms with Crippen molar-refractivity contribution in [2.75, 3.05) is 47.2 Å². The van der Waals surface area contributed by atoms with Gasteiger partial charge in [-0.3, -0.25) is 0 Å². The molecule has 1 unspecified atom stereocenters. The molecule has 5 nitrogen and oxygen atoms in total. The van der Waals surface area contributed by atoms with Crippen LogP contribution < -0.4 is 14.5 Å². The van der Waals surface area contributed by atoms with E-state index in [4.69, 9.17) is 11.6 Å². The van der Waals surface area contributed by atoms with Crippen molar-refractivity contribution >= 4 is 52.6 Å². The molecule has 1 N–H and O–H groups in total. The zero-order valence-corrected chi connectivity index (χ0v) is 33.8. The normalized spacial score (nSPS) is 16.7. The highest BCUT2D eigenvalue weighted by Gasteiger charge is 2.33. The fourth-order valence-corrected chi connectivity index (χ4v) is 10.3. The molecule has 4 aromatic carbocycles. The van der Waals surface area contributed by atoms with Crippen LogP contribution in [0, 0.1) is 12.7 Å². The van der Waals surface area contributed by atoms with Gasteiger partial charge in [-0.2, -0.15) is 0 Å². The van der Waals surface area contributed by atoms with Crippen LogP contribution in [0.2, 0.25) is 5.02 Å². The molecule has 2 heterocycles. The van der Waals surface area contributed by atoms with Gasteiger partial charge in [-0.05, 0) is 128 Å². The van der Waals surface area contributed by atoms with Gasteiger partial charge in [0.25, 0.3) is 0 Å². The molecule has 0 amide bonds. The third kappa shape index (κ3) is 7.34. The summed E-state index contributed by atoms with van der Waals surface area (Å²) in [5.74, 6) is -0.105. The number of aromatic nitrogens is 1. The third-order valence-electron chi connectivity index (χ3n) is 11.1. The molecule has 1 saturated heterocycles. The predicted molar refractivity (Wildman–Crippen MR) is 230 cm³/mol. The van der Waals surface area contributed by atoms with Crippen LogP contribution in [0.4, 0.5) is 21.5 Å². The van der Waals surface area contributed by atoms with Crippen LogP contribution in [0.15, 0.2) is 119 Å². The molecule has 278 valence electrons. The van der Waals surface area contributed by atoms with Crippen LogP contribution in [0.5, 0.6) is 0 Å². The molecule has 2 aliphatic carbocycles. The van der Waals surface area contributed by atoms with Crippen LogP contribution in [0.1, 0.15) is 43.5 Å². The molecule has 54 heavy (non-hydrogen) atoms. The summed E-state index contributed by atoms with van der Waals surface area (Å²) in [6.07, 6.45) is 7.57. The summed E-state index contributed by atoms with van der Waals surface area (Å²) in [5.41, 5.74) is 11.7. The van der Waals surface area contributed by atoms with Crippen molar-refractivity contribution < 1.29 is 4.39 Å². The van der Waals surface area contributed by atoms with Gasteiger partial charge in [0.1, 0.15) is 0 Å². The molecule has 1 atom stereocenters. The van der Waals surface area contributed by atoms with Gasteiger partial charge in [0.15, 0.2) is 5.82 Å². The molecule has 1 aliphatic heterocycles. The molecule has 0 radical (unpaired) electrons. The highest BCUT2D eigenvalue weighted by Crippen LogP contribution is 2.49. The van der Waals surface area contributed by atoms with Gasteiger partial charge in [0, 0.05) is 95.3 Å². The number of hydrogen-bond acceptors (Lipinski definition) is 6. The lowest BCUT2D eigenvalue weighted by molar-refractivity contribution is 0.388. The smallest absolute Gasteiger partial charge is 0.154 e. The maximum atomic E-state index is 16.7. The number of nitrogens with zero attached hydrogens (tertiary/aromatic N) is 4. The number of halogens is 2. The summed E-state index contributed by atoms with van der Waals surface area (Å²) in [6.45, 7) is 10.9. The number of rotatable bonds is 11. The van der Waals surface area contributed by atoms with Crippen LogP contribution in [-0.4, -0.2) is 47.6 Å². The number of benzene rings is 4. The summed E-state index contributed by atoms with van der Waals surface area (Å²) in [7, 11) is 2.08. The molecule has 1 aromatic heterocycles. The van der Waals surface area contributed by atoms with E-state index in [1.165, 1.54) is 32.3 Å². The molecule has 8 rings (SSSR count). The average molecular weight is 776 g/mol. The Bertz CT molecular complexity index is 2190. The summed E-state index contributed by atoms with van der Waals surface area (Å²) in [4.78, 5) is 7.16. The van der Waals surface area contributed by atoms with E-state index >= 15 is 4.39 Å². The van der Waals surface area contributed by atoms with Crippen LogP contribution in [-0.2, 0) is 13.5 Å². The first kappa shape index (κ1) is 36.9. The number of nitrogens with one attached hydrogen (secondary N) is 1. The second-order valence-electron chi connectivity index (χ2n) is 14.5. The van der Waals surface area contributed by atoms with E-state index in [1.54, 1.807) is 11.9 Å². The van der Waals surface area contributed by atoms with Gasteiger partial charge < -0.3 is 19.1 Å². The van der Waals surface area contributed by atoms with Gasteiger partial charge in [-0.15, -0.1) is 0 Å². The lowest BCUT2D eigenvalue weighted by atomic mass is 9.99. The van der Waals surface area contributed by atoms with Gasteiger partial charge >= 0.3 is 0 Å². The summed E-state index contributed by atoms with van der Waals surface area (Å²) in [6, 6.07) is 31.8. The van der Waals surface area contributed by atoms with E-state index in [0.717, 1.165) is 85.6 Å². The van der Waals surface area contributed by atoms with Gasteiger partial charge in [0.2, 0.25) is 0 Å². The summed E-state index contributed by atoms with van der Waals surface area (Å²) < 4.78 is 25.0. The number of allylic oxidation sites excluding steroid dienone is 1. The van der Waals surface area contributed by atoms with Crippen molar-refractivity contribution in [3.8, 4) is 22.4 Å². The molecule has 0 spiro atoms. The maximum Gasteiger partial charge on any atom is 0.154 e. The Morgan fingerprint density at radius 2 is 1.59 bits per heavy atom. The minimum absolute atomic E-state index is 0.105. The van der Waals surface area contributed by atoms with E-state index in [1.807, 2.05) is 42.3 Å². The Kier molecular flexibility index (Phi) is 10.9. The van der Waals surface area contributed by atoms with Gasteiger partial charge in [0.05, 0.1) is 11.4 Å². The lowest BCUT2D eigenvalue weighted by Crippen LogP contribution is -2.46. The maximum absolute atomic E-state index is 16.7. The summed E-state index contributed by atoms with van der Waals surface area (Å²) >= 11 is 9.77. The standard InChI is InChI=1S/C45H47ClFN5S2/c1-5-23-52(54-37-9-7-6-8-10-37)40-22-20-38(28-30(40)2)53-48-35-16-18-36(19-17-35)50-24-26-51(27-25-50)41-21-13-33-29-39-31(3)49(4)45(43(39)42(33)44(41)47)32-11-14-34(46)15-12-32/h6-21,28,40,48H,5,22-27,29H2,1-4H3. The molecule has 0 bridgehead atoms. The molecule has 9 heteroatoms. The Morgan fingerprint density at radius 3 is 2.30 bits per heavy atom. The van der Waals surface area contributed by atoms with Crippen molar-refractivity contribution in [1.29, 1.82) is 0 Å². The Hall–Kier alpha value is -4.08. The quantitative estimate of drug-likeness (QED) is 0.132. The van der Waals surface area contributed by atoms with Crippen LogP contribution in [0.25, 0.3) is 22.4 Å². The Labute approximate surface area is 333 Å². The summed E-state index contributed by atoms with van der Waals surface area (Å²) in [5, 5.41) is 0.698. The van der Waals surface area contributed by atoms with Gasteiger partial charge in [-0.25, -0.2) is 8.70 Å². The van der Waals surface area contributed by atoms with Gasteiger partial charge in [-0.1, -0.05) is 66.6 Å². The minimum Gasteiger partial charge on any atom is -0.368 e. The zero-order chi connectivity index (χ0) is 37.3. The fourth-order valence-electron chi connectivity index (χ4n) is 8.13. The average Bonchev–Trinajstić information content (AvgIpc) is 3.69. The van der Waals surface area contributed by atoms with E-state index < -0.39 is 0 Å².